The molecular formula is C12H23O5P. The minimum atomic E-state index is -3.27. The van der Waals surface area contributed by atoms with E-state index in [1.54, 1.807) is 19.9 Å². The molecule has 0 atom stereocenters. The Bertz CT molecular complexity index is 325. The van der Waals surface area contributed by atoms with Crippen LogP contribution in [-0.2, 0) is 23.1 Å². The van der Waals surface area contributed by atoms with Crippen molar-refractivity contribution in [2.45, 2.75) is 27.7 Å². The Morgan fingerprint density at radius 2 is 1.72 bits per heavy atom. The molecule has 0 aromatic rings. The van der Waals surface area contributed by atoms with E-state index in [0.29, 0.717) is 5.57 Å². The van der Waals surface area contributed by atoms with Gasteiger partial charge in [-0.15, -0.1) is 0 Å². The standard InChI is InChI=1S/C12H23O5P/c1-6-16-18(14,17-7-2)9-11(8-10(3)4)12(13)15-5/h8,10H,6-7,9H2,1-5H3/b11-8-. The van der Waals surface area contributed by atoms with Crippen LogP contribution in [0.4, 0.5) is 0 Å². The highest BCUT2D eigenvalue weighted by Gasteiger charge is 2.28. The Kier molecular flexibility index (Phi) is 8.16. The number of ether oxygens (including phenoxy) is 1. The van der Waals surface area contributed by atoms with Gasteiger partial charge in [-0.2, -0.15) is 0 Å². The summed E-state index contributed by atoms with van der Waals surface area (Å²) < 4.78 is 27.3. The van der Waals surface area contributed by atoms with Gasteiger partial charge in [0.1, 0.15) is 0 Å². The maximum Gasteiger partial charge on any atom is 0.335 e. The van der Waals surface area contributed by atoms with Gasteiger partial charge in [0, 0.05) is 5.57 Å². The smallest absolute Gasteiger partial charge is 0.335 e. The third kappa shape index (κ3) is 6.34. The van der Waals surface area contributed by atoms with Crippen molar-refractivity contribution in [3.8, 4) is 0 Å². The molecule has 18 heavy (non-hydrogen) atoms. The predicted molar refractivity (Wildman–Crippen MR) is 70.7 cm³/mol. The van der Waals surface area contributed by atoms with E-state index in [4.69, 9.17) is 9.05 Å². The van der Waals surface area contributed by atoms with Crippen LogP contribution in [0.1, 0.15) is 27.7 Å². The van der Waals surface area contributed by atoms with Gasteiger partial charge in [-0.3, -0.25) is 4.57 Å². The Hall–Kier alpha value is -0.640. The summed E-state index contributed by atoms with van der Waals surface area (Å²) in [6.07, 6.45) is 1.66. The highest BCUT2D eigenvalue weighted by Crippen LogP contribution is 2.49. The second-order valence-corrected chi connectivity index (χ2v) is 6.09. The summed E-state index contributed by atoms with van der Waals surface area (Å²) >= 11 is 0. The van der Waals surface area contributed by atoms with Gasteiger partial charge in [0.2, 0.25) is 0 Å². The molecule has 0 unspecified atom stereocenters. The van der Waals surface area contributed by atoms with E-state index in [1.165, 1.54) is 7.11 Å². The first kappa shape index (κ1) is 17.4. The fraction of sp³-hybridized carbons (Fsp3) is 0.750. The van der Waals surface area contributed by atoms with Crippen LogP contribution in [0, 0.1) is 5.92 Å². The van der Waals surface area contributed by atoms with E-state index in [1.807, 2.05) is 13.8 Å². The summed E-state index contributed by atoms with van der Waals surface area (Å²) in [5.41, 5.74) is 0.331. The van der Waals surface area contributed by atoms with Crippen molar-refractivity contribution in [1.82, 2.24) is 0 Å². The lowest BCUT2D eigenvalue weighted by Crippen LogP contribution is -2.12. The summed E-state index contributed by atoms with van der Waals surface area (Å²) in [6.45, 7) is 7.86. The molecule has 0 N–H and O–H groups in total. The van der Waals surface area contributed by atoms with Gasteiger partial charge in [0.05, 0.1) is 26.5 Å². The molecule has 0 bridgehead atoms. The predicted octanol–water partition coefficient (Wildman–Crippen LogP) is 3.01. The fourth-order valence-corrected chi connectivity index (χ4v) is 3.14. The van der Waals surface area contributed by atoms with Crippen LogP contribution < -0.4 is 0 Å². The lowest BCUT2D eigenvalue weighted by molar-refractivity contribution is -0.136. The molecular weight excluding hydrogens is 255 g/mol. The van der Waals surface area contributed by atoms with Gasteiger partial charge in [0.25, 0.3) is 0 Å². The summed E-state index contributed by atoms with van der Waals surface area (Å²) in [5.74, 6) is -0.348. The SMILES string of the molecule is CCOP(=O)(C/C(=C/C(C)C)C(=O)OC)OCC. The number of hydrogen-bond acceptors (Lipinski definition) is 5. The molecule has 106 valence electrons. The maximum atomic E-state index is 12.3. The topological polar surface area (TPSA) is 61.8 Å². The molecule has 0 aliphatic heterocycles. The fourth-order valence-electron chi connectivity index (χ4n) is 1.45. The Balaban J connectivity index is 5.04. The van der Waals surface area contributed by atoms with E-state index in [2.05, 4.69) is 4.74 Å². The van der Waals surface area contributed by atoms with E-state index >= 15 is 0 Å². The van der Waals surface area contributed by atoms with Crippen LogP contribution >= 0.6 is 7.60 Å². The van der Waals surface area contributed by atoms with E-state index in [-0.39, 0.29) is 25.3 Å². The number of hydrogen-bond donors (Lipinski definition) is 0. The highest BCUT2D eigenvalue weighted by atomic mass is 31.2. The molecule has 0 aromatic carbocycles. The largest absolute Gasteiger partial charge is 0.466 e. The molecule has 0 heterocycles. The molecule has 0 amide bonds. The highest BCUT2D eigenvalue weighted by molar-refractivity contribution is 7.54. The maximum absolute atomic E-state index is 12.3. The Labute approximate surface area is 109 Å². The van der Waals surface area contributed by atoms with Gasteiger partial charge >= 0.3 is 13.6 Å². The first-order valence-electron chi connectivity index (χ1n) is 6.05. The Morgan fingerprint density at radius 3 is 2.06 bits per heavy atom. The van der Waals surface area contributed by atoms with Crippen LogP contribution in [0.2, 0.25) is 0 Å². The number of esters is 1. The van der Waals surface area contributed by atoms with Gasteiger partial charge < -0.3 is 13.8 Å². The number of rotatable bonds is 8. The van der Waals surface area contributed by atoms with Gasteiger partial charge in [-0.25, -0.2) is 4.79 Å². The van der Waals surface area contributed by atoms with Crippen LogP contribution in [0.5, 0.6) is 0 Å². The van der Waals surface area contributed by atoms with Crippen LogP contribution in [-0.4, -0.2) is 32.5 Å². The van der Waals surface area contributed by atoms with Gasteiger partial charge in [-0.1, -0.05) is 19.9 Å². The first-order valence-corrected chi connectivity index (χ1v) is 7.78. The van der Waals surface area contributed by atoms with Crippen LogP contribution in [0.15, 0.2) is 11.6 Å². The molecule has 5 nitrogen and oxygen atoms in total. The zero-order chi connectivity index (χ0) is 14.2. The van der Waals surface area contributed by atoms with Crippen LogP contribution in [0.3, 0.4) is 0 Å². The number of carbonyl (C=O) groups excluding carboxylic acids is 1. The lowest BCUT2D eigenvalue weighted by atomic mass is 10.1. The third-order valence-electron chi connectivity index (χ3n) is 2.00. The summed E-state index contributed by atoms with van der Waals surface area (Å²) in [4.78, 5) is 11.6. The van der Waals surface area contributed by atoms with Crippen LogP contribution in [0.25, 0.3) is 0 Å². The summed E-state index contributed by atoms with van der Waals surface area (Å²) in [5, 5.41) is 0. The molecule has 6 heteroatoms. The molecule has 0 aliphatic rings. The normalized spacial score (nSPS) is 12.9. The molecule has 0 radical (unpaired) electrons. The second-order valence-electron chi connectivity index (χ2n) is 4.03. The summed E-state index contributed by atoms with van der Waals surface area (Å²) in [7, 11) is -1.97. The van der Waals surface area contributed by atoms with E-state index in [0.717, 1.165) is 0 Å². The minimum absolute atomic E-state index is 0.0560. The molecule has 0 aromatic heterocycles. The van der Waals surface area contributed by atoms with E-state index in [9.17, 15) is 9.36 Å². The third-order valence-corrected chi connectivity index (χ3v) is 4.03. The van der Waals surface area contributed by atoms with Crippen molar-refractivity contribution in [2.24, 2.45) is 5.92 Å². The van der Waals surface area contributed by atoms with Gasteiger partial charge in [-0.05, 0) is 19.8 Å². The van der Waals surface area contributed by atoms with Crippen molar-refractivity contribution in [3.05, 3.63) is 11.6 Å². The molecule has 0 fully saturated rings. The molecule has 0 saturated carbocycles. The zero-order valence-corrected chi connectivity index (χ0v) is 12.7. The first-order chi connectivity index (χ1) is 8.38. The van der Waals surface area contributed by atoms with Crippen molar-refractivity contribution in [2.75, 3.05) is 26.5 Å². The Morgan fingerprint density at radius 1 is 1.22 bits per heavy atom. The zero-order valence-electron chi connectivity index (χ0n) is 11.8. The second kappa shape index (κ2) is 8.46. The molecule has 0 rings (SSSR count). The lowest BCUT2D eigenvalue weighted by Gasteiger charge is -2.18. The quantitative estimate of drug-likeness (QED) is 0.388. The number of carbonyl (C=O) groups is 1. The van der Waals surface area contributed by atoms with Crippen molar-refractivity contribution in [3.63, 3.8) is 0 Å². The van der Waals surface area contributed by atoms with E-state index < -0.39 is 13.6 Å². The van der Waals surface area contributed by atoms with Crippen molar-refractivity contribution >= 4 is 13.6 Å². The molecule has 0 spiro atoms. The average molecular weight is 278 g/mol. The van der Waals surface area contributed by atoms with Gasteiger partial charge in [0.15, 0.2) is 0 Å². The molecule has 0 aliphatic carbocycles. The number of allylic oxidation sites excluding steroid dienone is 1. The number of methoxy groups -OCH3 is 1. The average Bonchev–Trinajstić information content (AvgIpc) is 2.27. The molecule has 0 saturated heterocycles. The minimum Gasteiger partial charge on any atom is -0.466 e. The summed E-state index contributed by atoms with van der Waals surface area (Å²) in [6, 6.07) is 0. The monoisotopic (exact) mass is 278 g/mol. The van der Waals surface area contributed by atoms with Crippen molar-refractivity contribution in [1.29, 1.82) is 0 Å². The van der Waals surface area contributed by atoms with Crippen molar-refractivity contribution < 1.29 is 23.1 Å².